The lowest BCUT2D eigenvalue weighted by atomic mass is 10.1. The molecule has 1 aromatic carbocycles. The molecule has 0 radical (unpaired) electrons. The molecule has 2 rings (SSSR count). The first-order chi connectivity index (χ1) is 13.5. The molecule has 0 saturated heterocycles. The van der Waals surface area contributed by atoms with Crippen LogP contribution in [0.25, 0.3) is 0 Å². The molecule has 0 aliphatic heterocycles. The fourth-order valence-electron chi connectivity index (χ4n) is 2.68. The first kappa shape index (κ1) is 21.8. The number of ether oxygens (including phenoxy) is 2. The summed E-state index contributed by atoms with van der Waals surface area (Å²) in [7, 11) is 0. The lowest BCUT2D eigenvalue weighted by Gasteiger charge is -2.17. The molecule has 2 aromatic rings. The average molecular weight is 405 g/mol. The Hall–Kier alpha value is -2.54. The first-order valence-electron chi connectivity index (χ1n) is 9.54. The molecule has 0 aliphatic rings. The van der Waals surface area contributed by atoms with E-state index in [0.717, 1.165) is 5.56 Å². The van der Waals surface area contributed by atoms with E-state index in [1.54, 1.807) is 11.4 Å². The lowest BCUT2D eigenvalue weighted by Crippen LogP contribution is -2.29. The highest BCUT2D eigenvalue weighted by Gasteiger charge is 2.13. The summed E-state index contributed by atoms with van der Waals surface area (Å²) in [4.78, 5) is 24.0. The summed E-state index contributed by atoms with van der Waals surface area (Å²) in [5, 5.41) is 9.47. The van der Waals surface area contributed by atoms with E-state index in [1.165, 1.54) is 11.3 Å². The van der Waals surface area contributed by atoms with E-state index >= 15 is 0 Å². The first-order valence-corrected chi connectivity index (χ1v) is 10.5. The highest BCUT2D eigenvalue weighted by atomic mass is 32.1. The topological polar surface area (TPSA) is 76.7 Å². The van der Waals surface area contributed by atoms with Crippen molar-refractivity contribution in [3.05, 3.63) is 46.2 Å². The highest BCUT2D eigenvalue weighted by Crippen LogP contribution is 2.30. The maximum atomic E-state index is 12.2. The number of carbonyl (C=O) groups excluding carboxylic acids is 2. The number of carbonyl (C=O) groups is 2. The Morgan fingerprint density at radius 3 is 2.54 bits per heavy atom. The molecule has 28 heavy (non-hydrogen) atoms. The van der Waals surface area contributed by atoms with Crippen molar-refractivity contribution in [1.29, 1.82) is 0 Å². The Labute approximate surface area is 170 Å². The second kappa shape index (κ2) is 11.3. The molecule has 6 nitrogen and oxygen atoms in total. The summed E-state index contributed by atoms with van der Waals surface area (Å²) in [6, 6.07) is 7.33. The normalized spacial score (nSPS) is 11.5. The van der Waals surface area contributed by atoms with E-state index in [2.05, 4.69) is 10.6 Å². The van der Waals surface area contributed by atoms with Crippen LogP contribution in [0.2, 0.25) is 0 Å². The van der Waals surface area contributed by atoms with E-state index in [1.807, 2.05) is 44.4 Å². The summed E-state index contributed by atoms with van der Waals surface area (Å²) in [6.45, 7) is 7.35. The van der Waals surface area contributed by atoms with Gasteiger partial charge in [-0.25, -0.2) is 0 Å². The summed E-state index contributed by atoms with van der Waals surface area (Å²) in [5.41, 5.74) is 1.61. The van der Waals surface area contributed by atoms with E-state index in [0.29, 0.717) is 49.7 Å². The van der Waals surface area contributed by atoms with Crippen molar-refractivity contribution in [2.45, 2.75) is 39.7 Å². The molecule has 7 heteroatoms. The molecular weight excluding hydrogens is 376 g/mol. The number of rotatable bonds is 11. The van der Waals surface area contributed by atoms with Crippen LogP contribution >= 0.6 is 11.3 Å². The van der Waals surface area contributed by atoms with Gasteiger partial charge in [0.05, 0.1) is 19.3 Å². The van der Waals surface area contributed by atoms with Gasteiger partial charge in [0.2, 0.25) is 5.91 Å². The molecule has 2 N–H and O–H groups in total. The van der Waals surface area contributed by atoms with Crippen molar-refractivity contribution in [1.82, 2.24) is 10.6 Å². The smallest absolute Gasteiger partial charge is 0.252 e. The van der Waals surface area contributed by atoms with Gasteiger partial charge in [-0.1, -0.05) is 6.07 Å². The lowest BCUT2D eigenvalue weighted by molar-refractivity contribution is -0.121. The molecule has 152 valence electrons. The van der Waals surface area contributed by atoms with Gasteiger partial charge in [0.25, 0.3) is 5.91 Å². The van der Waals surface area contributed by atoms with E-state index < -0.39 is 0 Å². The van der Waals surface area contributed by atoms with Gasteiger partial charge in [0.15, 0.2) is 11.5 Å². The zero-order valence-corrected chi connectivity index (χ0v) is 17.4. The predicted molar refractivity (Wildman–Crippen MR) is 111 cm³/mol. The van der Waals surface area contributed by atoms with Crippen LogP contribution in [0.1, 0.15) is 55.6 Å². The second-order valence-electron chi connectivity index (χ2n) is 6.23. The van der Waals surface area contributed by atoms with Crippen LogP contribution in [0.4, 0.5) is 0 Å². The van der Waals surface area contributed by atoms with Crippen LogP contribution in [0.3, 0.4) is 0 Å². The Bertz CT molecular complexity index is 762. The standard InChI is InChI=1S/C21H28N2O4S/c1-4-26-18-9-8-16(13-19(18)27-5-2)15(3)23-20(24)7-6-11-22-21(25)17-10-12-28-14-17/h8-10,12-15H,4-7,11H2,1-3H3,(H,22,25)(H,23,24)/t15-/m1/s1. The monoisotopic (exact) mass is 404 g/mol. The van der Waals surface area contributed by atoms with Gasteiger partial charge in [0.1, 0.15) is 0 Å². The van der Waals surface area contributed by atoms with Crippen molar-refractivity contribution in [3.63, 3.8) is 0 Å². The fraction of sp³-hybridized carbons (Fsp3) is 0.429. The van der Waals surface area contributed by atoms with E-state index in [9.17, 15) is 9.59 Å². The molecule has 1 aromatic heterocycles. The second-order valence-corrected chi connectivity index (χ2v) is 7.01. The van der Waals surface area contributed by atoms with Crippen LogP contribution in [0.15, 0.2) is 35.0 Å². The van der Waals surface area contributed by atoms with Gasteiger partial charge < -0.3 is 20.1 Å². The fourth-order valence-corrected chi connectivity index (χ4v) is 3.32. The summed E-state index contributed by atoms with van der Waals surface area (Å²) >= 11 is 1.48. The number of thiophene rings is 1. The maximum Gasteiger partial charge on any atom is 0.252 e. The molecule has 0 bridgehead atoms. The van der Waals surface area contributed by atoms with Crippen molar-refractivity contribution >= 4 is 23.2 Å². The van der Waals surface area contributed by atoms with Crippen LogP contribution in [0, 0.1) is 0 Å². The van der Waals surface area contributed by atoms with Crippen LogP contribution in [0.5, 0.6) is 11.5 Å². The Kier molecular flexibility index (Phi) is 8.81. The third-order valence-corrected chi connectivity index (χ3v) is 4.78. The Morgan fingerprint density at radius 1 is 1.11 bits per heavy atom. The summed E-state index contributed by atoms with van der Waals surface area (Å²) < 4.78 is 11.2. The highest BCUT2D eigenvalue weighted by molar-refractivity contribution is 7.08. The Balaban J connectivity index is 1.79. The Morgan fingerprint density at radius 2 is 1.86 bits per heavy atom. The molecule has 0 spiro atoms. The molecule has 1 atom stereocenters. The quantitative estimate of drug-likeness (QED) is 0.556. The van der Waals surface area contributed by atoms with Crippen molar-refractivity contribution in [3.8, 4) is 11.5 Å². The van der Waals surface area contributed by atoms with Crippen molar-refractivity contribution in [2.24, 2.45) is 0 Å². The molecule has 0 fully saturated rings. The van der Waals surface area contributed by atoms with Gasteiger partial charge >= 0.3 is 0 Å². The third-order valence-electron chi connectivity index (χ3n) is 4.09. The van der Waals surface area contributed by atoms with Gasteiger partial charge in [-0.05, 0) is 56.3 Å². The molecule has 0 unspecified atom stereocenters. The number of amides is 2. The third kappa shape index (κ3) is 6.56. The van der Waals surface area contributed by atoms with Crippen LogP contribution in [-0.2, 0) is 4.79 Å². The molecule has 0 saturated carbocycles. The SMILES string of the molecule is CCOc1ccc([C@@H](C)NC(=O)CCCNC(=O)c2ccsc2)cc1OCC. The average Bonchev–Trinajstić information content (AvgIpc) is 3.21. The summed E-state index contributed by atoms with van der Waals surface area (Å²) in [5.74, 6) is 1.23. The van der Waals surface area contributed by atoms with Gasteiger partial charge in [-0.2, -0.15) is 11.3 Å². The number of nitrogens with one attached hydrogen (secondary N) is 2. The number of hydrogen-bond acceptors (Lipinski definition) is 5. The number of benzene rings is 1. The van der Waals surface area contributed by atoms with Crippen LogP contribution < -0.4 is 20.1 Å². The largest absolute Gasteiger partial charge is 0.490 e. The van der Waals surface area contributed by atoms with Crippen molar-refractivity contribution < 1.29 is 19.1 Å². The van der Waals surface area contributed by atoms with Gasteiger partial charge in [-0.3, -0.25) is 9.59 Å². The van der Waals surface area contributed by atoms with E-state index in [4.69, 9.17) is 9.47 Å². The maximum absolute atomic E-state index is 12.2. The zero-order valence-electron chi connectivity index (χ0n) is 16.6. The van der Waals surface area contributed by atoms with Crippen LogP contribution in [-0.4, -0.2) is 31.6 Å². The zero-order chi connectivity index (χ0) is 20.4. The molecular formula is C21H28N2O4S. The van der Waals surface area contributed by atoms with Gasteiger partial charge in [0, 0.05) is 23.9 Å². The molecule has 2 amide bonds. The predicted octanol–water partition coefficient (Wildman–Crippen LogP) is 3.93. The minimum Gasteiger partial charge on any atom is -0.490 e. The minimum atomic E-state index is -0.150. The minimum absolute atomic E-state index is 0.0517. The number of hydrogen-bond donors (Lipinski definition) is 2. The van der Waals surface area contributed by atoms with E-state index in [-0.39, 0.29) is 17.9 Å². The molecule has 1 heterocycles. The summed E-state index contributed by atoms with van der Waals surface area (Å²) in [6.07, 6.45) is 0.936. The van der Waals surface area contributed by atoms with Gasteiger partial charge in [-0.15, -0.1) is 0 Å². The molecule has 0 aliphatic carbocycles. The van der Waals surface area contributed by atoms with Crippen molar-refractivity contribution in [2.75, 3.05) is 19.8 Å².